The van der Waals surface area contributed by atoms with Crippen LogP contribution >= 0.6 is 0 Å². The zero-order valence-electron chi connectivity index (χ0n) is 17.8. The van der Waals surface area contributed by atoms with Crippen LogP contribution in [0.15, 0.2) is 79.1 Å². The van der Waals surface area contributed by atoms with Crippen LogP contribution < -0.4 is 10.6 Å². The highest BCUT2D eigenvalue weighted by atomic mass is 19.1. The van der Waals surface area contributed by atoms with Crippen molar-refractivity contribution in [1.82, 2.24) is 4.98 Å². The maximum Gasteiger partial charge on any atom is 0.323 e. The Morgan fingerprint density at radius 1 is 1.03 bits per heavy atom. The van der Waals surface area contributed by atoms with Crippen LogP contribution in [0.4, 0.5) is 25.0 Å². The number of carbonyl (C=O) groups is 1. The Morgan fingerprint density at radius 3 is 2.56 bits per heavy atom. The number of hydrogen-bond acceptors (Lipinski definition) is 2. The lowest BCUT2D eigenvalue weighted by Crippen LogP contribution is -2.21. The predicted molar refractivity (Wildman–Crippen MR) is 125 cm³/mol. The van der Waals surface area contributed by atoms with E-state index < -0.39 is 17.5 Å². The van der Waals surface area contributed by atoms with Crippen molar-refractivity contribution in [3.05, 3.63) is 90.5 Å². The summed E-state index contributed by atoms with van der Waals surface area (Å²) in [5.41, 5.74) is 1.24. The van der Waals surface area contributed by atoms with E-state index in [-0.39, 0.29) is 12.1 Å². The van der Waals surface area contributed by atoms with Gasteiger partial charge in [-0.05, 0) is 65.8 Å². The van der Waals surface area contributed by atoms with Crippen molar-refractivity contribution in [2.75, 3.05) is 10.6 Å². The van der Waals surface area contributed by atoms with Crippen molar-refractivity contribution < 1.29 is 13.6 Å². The number of fused-ring (bicyclic) bond motifs is 1. The van der Waals surface area contributed by atoms with Crippen LogP contribution in [0.5, 0.6) is 0 Å². The third-order valence-electron chi connectivity index (χ3n) is 5.61. The first-order chi connectivity index (χ1) is 15.4. The van der Waals surface area contributed by atoms with E-state index in [1.807, 2.05) is 42.6 Å². The van der Waals surface area contributed by atoms with Crippen LogP contribution in [0, 0.1) is 5.82 Å². The summed E-state index contributed by atoms with van der Waals surface area (Å²) in [6.45, 7) is 3.14. The number of halogens is 2. The van der Waals surface area contributed by atoms with Gasteiger partial charge in [0, 0.05) is 23.5 Å². The lowest BCUT2D eigenvalue weighted by Gasteiger charge is -2.20. The SMILES string of the molecule is CC[C@@](C)(F)c1ccc(F)c(NC(=O)Nc2ccc(-c3cccc4cnccc34)cc2)c1. The van der Waals surface area contributed by atoms with E-state index >= 15 is 0 Å². The highest BCUT2D eigenvalue weighted by Crippen LogP contribution is 2.32. The maximum atomic E-state index is 14.6. The van der Waals surface area contributed by atoms with Gasteiger partial charge >= 0.3 is 6.03 Å². The van der Waals surface area contributed by atoms with Gasteiger partial charge < -0.3 is 10.6 Å². The fraction of sp³-hybridized carbons (Fsp3) is 0.154. The van der Waals surface area contributed by atoms with Crippen LogP contribution in [0.2, 0.25) is 0 Å². The van der Waals surface area contributed by atoms with Gasteiger partial charge in [-0.1, -0.05) is 43.3 Å². The summed E-state index contributed by atoms with van der Waals surface area (Å²) in [6.07, 6.45) is 3.81. The first kappa shape index (κ1) is 21.4. The van der Waals surface area contributed by atoms with Crippen molar-refractivity contribution in [3.8, 4) is 11.1 Å². The number of carbonyl (C=O) groups excluding carboxylic acids is 1. The molecule has 0 unspecified atom stereocenters. The van der Waals surface area contributed by atoms with Crippen molar-refractivity contribution in [3.63, 3.8) is 0 Å². The molecule has 0 bridgehead atoms. The normalized spacial score (nSPS) is 12.9. The molecule has 2 N–H and O–H groups in total. The van der Waals surface area contributed by atoms with Gasteiger partial charge in [0.1, 0.15) is 11.5 Å². The molecule has 0 fully saturated rings. The van der Waals surface area contributed by atoms with Gasteiger partial charge in [0.25, 0.3) is 0 Å². The summed E-state index contributed by atoms with van der Waals surface area (Å²) >= 11 is 0. The molecule has 32 heavy (non-hydrogen) atoms. The molecule has 0 spiro atoms. The Morgan fingerprint density at radius 2 is 1.81 bits per heavy atom. The molecule has 1 heterocycles. The lowest BCUT2D eigenvalue weighted by molar-refractivity contribution is 0.185. The van der Waals surface area contributed by atoms with Gasteiger partial charge in [-0.25, -0.2) is 13.6 Å². The van der Waals surface area contributed by atoms with Gasteiger partial charge in [0.2, 0.25) is 0 Å². The molecule has 4 aromatic rings. The third kappa shape index (κ3) is 4.44. The molecule has 0 radical (unpaired) electrons. The quantitative estimate of drug-likeness (QED) is 0.349. The van der Waals surface area contributed by atoms with Crippen LogP contribution in [-0.4, -0.2) is 11.0 Å². The number of amides is 2. The zero-order valence-corrected chi connectivity index (χ0v) is 17.8. The summed E-state index contributed by atoms with van der Waals surface area (Å²) in [5.74, 6) is -0.628. The molecular weight excluding hydrogens is 408 g/mol. The lowest BCUT2D eigenvalue weighted by atomic mass is 9.95. The minimum Gasteiger partial charge on any atom is -0.308 e. The number of hydrogen-bond donors (Lipinski definition) is 2. The maximum absolute atomic E-state index is 14.6. The molecule has 1 atom stereocenters. The van der Waals surface area contributed by atoms with Gasteiger partial charge in [-0.3, -0.25) is 4.98 Å². The Hall–Kier alpha value is -3.80. The smallest absolute Gasteiger partial charge is 0.308 e. The average Bonchev–Trinajstić information content (AvgIpc) is 2.80. The Labute approximate surface area is 185 Å². The number of alkyl halides is 1. The van der Waals surface area contributed by atoms with Crippen molar-refractivity contribution in [1.29, 1.82) is 0 Å². The van der Waals surface area contributed by atoms with Crippen LogP contribution in [0.3, 0.4) is 0 Å². The molecule has 0 aliphatic heterocycles. The number of urea groups is 1. The molecule has 0 saturated carbocycles. The average molecular weight is 431 g/mol. The van der Waals surface area contributed by atoms with Crippen molar-refractivity contribution >= 4 is 28.2 Å². The van der Waals surface area contributed by atoms with Gasteiger partial charge in [-0.2, -0.15) is 0 Å². The first-order valence-corrected chi connectivity index (χ1v) is 10.4. The van der Waals surface area contributed by atoms with E-state index in [1.54, 1.807) is 25.3 Å². The fourth-order valence-corrected chi connectivity index (χ4v) is 3.54. The standard InChI is InChI=1S/C26H23F2N3O/c1-3-26(2,28)19-9-12-23(27)24(15-19)31-25(32)30-20-10-7-17(8-11-20)21-6-4-5-18-16-29-14-13-22(18)21/h4-16H,3H2,1-2H3,(H2,30,31,32)/t26-/m1/s1. The van der Waals surface area contributed by atoms with Crippen molar-refractivity contribution in [2.45, 2.75) is 25.9 Å². The third-order valence-corrected chi connectivity index (χ3v) is 5.61. The second kappa shape index (κ2) is 8.75. The van der Waals surface area contributed by atoms with Gasteiger partial charge in [0.15, 0.2) is 0 Å². The number of anilines is 2. The minimum atomic E-state index is -1.60. The molecular formula is C26H23F2N3O. The van der Waals surface area contributed by atoms with Gasteiger partial charge in [0.05, 0.1) is 5.69 Å². The second-order valence-electron chi connectivity index (χ2n) is 7.80. The fourth-order valence-electron chi connectivity index (χ4n) is 3.54. The monoisotopic (exact) mass is 431 g/mol. The Kier molecular flexibility index (Phi) is 5.86. The molecule has 2 amide bonds. The van der Waals surface area contributed by atoms with Crippen LogP contribution in [-0.2, 0) is 5.67 Å². The van der Waals surface area contributed by atoms with Crippen LogP contribution in [0.25, 0.3) is 21.9 Å². The molecule has 0 aliphatic carbocycles. The summed E-state index contributed by atoms with van der Waals surface area (Å²) in [4.78, 5) is 16.6. The predicted octanol–water partition coefficient (Wildman–Crippen LogP) is 7.28. The topological polar surface area (TPSA) is 54.0 Å². The summed E-state index contributed by atoms with van der Waals surface area (Å²) < 4.78 is 28.7. The first-order valence-electron chi connectivity index (χ1n) is 10.4. The minimum absolute atomic E-state index is 0.0710. The summed E-state index contributed by atoms with van der Waals surface area (Å²) in [6, 6.07) is 18.6. The Bertz CT molecular complexity index is 1260. The molecule has 4 nitrogen and oxygen atoms in total. The molecule has 162 valence electrons. The molecule has 0 aliphatic rings. The van der Waals surface area contributed by atoms with Gasteiger partial charge in [-0.15, -0.1) is 0 Å². The number of nitrogens with zero attached hydrogens (tertiary/aromatic N) is 1. The molecule has 0 saturated heterocycles. The van der Waals surface area contributed by atoms with E-state index in [0.29, 0.717) is 11.3 Å². The molecule has 6 heteroatoms. The number of pyridine rings is 1. The molecule has 4 rings (SSSR count). The van der Waals surface area contributed by atoms with E-state index in [4.69, 9.17) is 0 Å². The number of rotatable bonds is 5. The van der Waals surface area contributed by atoms with Crippen molar-refractivity contribution in [2.24, 2.45) is 0 Å². The van der Waals surface area contributed by atoms with E-state index in [1.165, 1.54) is 19.1 Å². The van der Waals surface area contributed by atoms with E-state index in [9.17, 15) is 13.6 Å². The Balaban J connectivity index is 1.50. The van der Waals surface area contributed by atoms with E-state index in [2.05, 4.69) is 15.6 Å². The highest BCUT2D eigenvalue weighted by molar-refractivity contribution is 6.00. The second-order valence-corrected chi connectivity index (χ2v) is 7.80. The molecule has 1 aromatic heterocycles. The molecule has 3 aromatic carbocycles. The van der Waals surface area contributed by atoms with E-state index in [0.717, 1.165) is 28.0 Å². The number of nitrogens with one attached hydrogen (secondary N) is 2. The number of aromatic nitrogens is 1. The number of benzene rings is 3. The van der Waals surface area contributed by atoms with Crippen LogP contribution in [0.1, 0.15) is 25.8 Å². The largest absolute Gasteiger partial charge is 0.323 e. The highest BCUT2D eigenvalue weighted by Gasteiger charge is 2.24. The summed E-state index contributed by atoms with van der Waals surface area (Å²) in [7, 11) is 0. The zero-order chi connectivity index (χ0) is 22.7. The summed E-state index contributed by atoms with van der Waals surface area (Å²) in [5, 5.41) is 7.28.